The molecule has 1 aromatic rings. The van der Waals surface area contributed by atoms with Gasteiger partial charge in [-0.2, -0.15) is 0 Å². The van der Waals surface area contributed by atoms with E-state index >= 15 is 0 Å². The van der Waals surface area contributed by atoms with Crippen LogP contribution in [0.15, 0.2) is 0 Å². The van der Waals surface area contributed by atoms with E-state index in [0.29, 0.717) is 6.42 Å². The number of carbonyl (C=O) groups excluding carboxylic acids is 2. The molecule has 0 aliphatic rings. The number of rotatable bonds is 5. The van der Waals surface area contributed by atoms with Gasteiger partial charge in [0.1, 0.15) is 0 Å². The third kappa shape index (κ3) is 3.22. The van der Waals surface area contributed by atoms with Gasteiger partial charge in [0.25, 0.3) is 0 Å². The standard InChI is InChI=1S/C16H22O3/c1-9-10(2)12(4)16(13(5)11(9)3)14(17)7-6-8-15(18)19/h6-8H2,1-5H3,(H,18,19)/p-1. The minimum absolute atomic E-state index is 0.0300. The number of carboxylic acids is 1. The van der Waals surface area contributed by atoms with Crippen LogP contribution in [0.2, 0.25) is 0 Å². The highest BCUT2D eigenvalue weighted by Gasteiger charge is 2.17. The van der Waals surface area contributed by atoms with Crippen molar-refractivity contribution in [1.82, 2.24) is 0 Å². The lowest BCUT2D eigenvalue weighted by atomic mass is 9.87. The second-order valence-electron chi connectivity index (χ2n) is 5.15. The SMILES string of the molecule is Cc1c(C)c(C)c(C(=O)CCCC(=O)[O-])c(C)c1C. The van der Waals surface area contributed by atoms with Gasteiger partial charge in [-0.3, -0.25) is 4.79 Å². The molecule has 19 heavy (non-hydrogen) atoms. The van der Waals surface area contributed by atoms with Crippen LogP contribution in [0.4, 0.5) is 0 Å². The molecule has 0 saturated heterocycles. The van der Waals surface area contributed by atoms with E-state index in [1.54, 1.807) is 0 Å². The Hall–Kier alpha value is -1.64. The molecule has 0 saturated carbocycles. The molecule has 0 spiro atoms. The predicted octanol–water partition coefficient (Wildman–Crippen LogP) is 2.33. The molecule has 0 aliphatic carbocycles. The monoisotopic (exact) mass is 261 g/mol. The minimum Gasteiger partial charge on any atom is -0.550 e. The number of aliphatic carboxylic acids is 1. The maximum absolute atomic E-state index is 12.3. The van der Waals surface area contributed by atoms with Crippen LogP contribution in [-0.4, -0.2) is 11.8 Å². The van der Waals surface area contributed by atoms with E-state index in [2.05, 4.69) is 6.92 Å². The van der Waals surface area contributed by atoms with Crippen molar-refractivity contribution in [2.24, 2.45) is 0 Å². The summed E-state index contributed by atoms with van der Waals surface area (Å²) in [7, 11) is 0. The van der Waals surface area contributed by atoms with E-state index < -0.39 is 5.97 Å². The van der Waals surface area contributed by atoms with Crippen molar-refractivity contribution in [3.8, 4) is 0 Å². The summed E-state index contributed by atoms with van der Waals surface area (Å²) < 4.78 is 0. The summed E-state index contributed by atoms with van der Waals surface area (Å²) in [5.74, 6) is -1.07. The van der Waals surface area contributed by atoms with Crippen molar-refractivity contribution < 1.29 is 14.7 Å². The molecule has 3 heteroatoms. The number of carboxylic acid groups (broad SMARTS) is 1. The smallest absolute Gasteiger partial charge is 0.163 e. The van der Waals surface area contributed by atoms with E-state index in [9.17, 15) is 14.7 Å². The number of carbonyl (C=O) groups is 2. The summed E-state index contributed by atoms with van der Waals surface area (Å²) >= 11 is 0. The predicted molar refractivity (Wildman–Crippen MR) is 73.3 cm³/mol. The van der Waals surface area contributed by atoms with Crippen LogP contribution in [0, 0.1) is 34.6 Å². The first kappa shape index (κ1) is 15.4. The summed E-state index contributed by atoms with van der Waals surface area (Å²) in [5, 5.41) is 10.4. The van der Waals surface area contributed by atoms with E-state index in [-0.39, 0.29) is 18.6 Å². The minimum atomic E-state index is -1.10. The summed E-state index contributed by atoms with van der Waals surface area (Å²) in [4.78, 5) is 22.7. The maximum Gasteiger partial charge on any atom is 0.163 e. The van der Waals surface area contributed by atoms with Crippen LogP contribution in [0.3, 0.4) is 0 Å². The van der Waals surface area contributed by atoms with Crippen molar-refractivity contribution in [3.63, 3.8) is 0 Å². The van der Waals surface area contributed by atoms with Gasteiger partial charge in [0, 0.05) is 18.0 Å². The molecule has 0 amide bonds. The lowest BCUT2D eigenvalue weighted by Gasteiger charge is -2.17. The zero-order valence-electron chi connectivity index (χ0n) is 12.3. The summed E-state index contributed by atoms with van der Waals surface area (Å²) in [5.41, 5.74) is 6.30. The number of hydrogen-bond donors (Lipinski definition) is 0. The largest absolute Gasteiger partial charge is 0.550 e. The molecule has 1 aromatic carbocycles. The summed E-state index contributed by atoms with van der Waals surface area (Å²) in [6.45, 7) is 10.0. The molecular weight excluding hydrogens is 240 g/mol. The average molecular weight is 261 g/mol. The summed E-state index contributed by atoms with van der Waals surface area (Å²) in [6.07, 6.45) is 0.539. The van der Waals surface area contributed by atoms with Gasteiger partial charge in [0.05, 0.1) is 0 Å². The van der Waals surface area contributed by atoms with Gasteiger partial charge in [0.15, 0.2) is 5.78 Å². The number of hydrogen-bond acceptors (Lipinski definition) is 3. The highest BCUT2D eigenvalue weighted by Crippen LogP contribution is 2.27. The number of Topliss-reactive ketones (excluding diaryl/α,β-unsaturated/α-hetero) is 1. The number of ketones is 1. The molecule has 0 fully saturated rings. The Morgan fingerprint density at radius 3 is 1.63 bits per heavy atom. The second kappa shape index (κ2) is 6.00. The van der Waals surface area contributed by atoms with E-state index in [1.165, 1.54) is 5.56 Å². The molecule has 3 nitrogen and oxygen atoms in total. The molecule has 0 N–H and O–H groups in total. The van der Waals surface area contributed by atoms with Crippen LogP contribution >= 0.6 is 0 Å². The zero-order chi connectivity index (χ0) is 14.7. The Morgan fingerprint density at radius 1 is 0.789 bits per heavy atom. The topological polar surface area (TPSA) is 57.2 Å². The summed E-state index contributed by atoms with van der Waals surface area (Å²) in [6, 6.07) is 0. The van der Waals surface area contributed by atoms with Crippen molar-refractivity contribution in [2.75, 3.05) is 0 Å². The van der Waals surface area contributed by atoms with E-state index in [0.717, 1.165) is 27.8 Å². The van der Waals surface area contributed by atoms with E-state index in [4.69, 9.17) is 0 Å². The first-order valence-electron chi connectivity index (χ1n) is 6.57. The normalized spacial score (nSPS) is 10.6. The Kier molecular flexibility index (Phi) is 4.87. The quantitative estimate of drug-likeness (QED) is 0.764. The third-order valence-corrected chi connectivity index (χ3v) is 4.06. The Morgan fingerprint density at radius 2 is 1.21 bits per heavy atom. The lowest BCUT2D eigenvalue weighted by molar-refractivity contribution is -0.305. The van der Waals surface area contributed by atoms with Crippen molar-refractivity contribution in [1.29, 1.82) is 0 Å². The Balaban J connectivity index is 3.07. The van der Waals surface area contributed by atoms with Gasteiger partial charge >= 0.3 is 0 Å². The highest BCUT2D eigenvalue weighted by atomic mass is 16.4. The first-order chi connectivity index (χ1) is 8.77. The molecule has 0 bridgehead atoms. The van der Waals surface area contributed by atoms with E-state index in [1.807, 2.05) is 27.7 Å². The Bertz CT molecular complexity index is 498. The molecule has 0 radical (unpaired) electrons. The van der Waals surface area contributed by atoms with Crippen LogP contribution in [0.25, 0.3) is 0 Å². The fraction of sp³-hybridized carbons (Fsp3) is 0.500. The molecule has 0 aromatic heterocycles. The molecule has 1 rings (SSSR count). The molecule has 0 atom stereocenters. The molecule has 104 valence electrons. The van der Waals surface area contributed by atoms with Crippen molar-refractivity contribution in [2.45, 2.75) is 53.9 Å². The van der Waals surface area contributed by atoms with Crippen LogP contribution in [-0.2, 0) is 4.79 Å². The molecule has 0 heterocycles. The number of benzene rings is 1. The van der Waals surface area contributed by atoms with Crippen molar-refractivity contribution >= 4 is 11.8 Å². The molecule has 0 unspecified atom stereocenters. The van der Waals surface area contributed by atoms with Crippen LogP contribution < -0.4 is 5.11 Å². The van der Waals surface area contributed by atoms with Gasteiger partial charge in [-0.25, -0.2) is 0 Å². The van der Waals surface area contributed by atoms with Gasteiger partial charge in [-0.15, -0.1) is 0 Å². The lowest BCUT2D eigenvalue weighted by Crippen LogP contribution is -2.22. The van der Waals surface area contributed by atoms with Crippen LogP contribution in [0.1, 0.15) is 57.4 Å². The van der Waals surface area contributed by atoms with Gasteiger partial charge in [-0.1, -0.05) is 0 Å². The first-order valence-corrected chi connectivity index (χ1v) is 6.57. The molecular formula is C16H21O3-. The van der Waals surface area contributed by atoms with Crippen LogP contribution in [0.5, 0.6) is 0 Å². The fourth-order valence-corrected chi connectivity index (χ4v) is 2.44. The average Bonchev–Trinajstić information content (AvgIpc) is 2.34. The zero-order valence-corrected chi connectivity index (χ0v) is 12.3. The fourth-order valence-electron chi connectivity index (χ4n) is 2.44. The second-order valence-corrected chi connectivity index (χ2v) is 5.15. The van der Waals surface area contributed by atoms with Gasteiger partial charge in [0.2, 0.25) is 0 Å². The van der Waals surface area contributed by atoms with Gasteiger partial charge in [-0.05, 0) is 75.3 Å². The molecule has 0 aliphatic heterocycles. The van der Waals surface area contributed by atoms with Crippen molar-refractivity contribution in [3.05, 3.63) is 33.4 Å². The van der Waals surface area contributed by atoms with Gasteiger partial charge < -0.3 is 9.90 Å². The maximum atomic E-state index is 12.3. The Labute approximate surface area is 114 Å². The highest BCUT2D eigenvalue weighted by molar-refractivity contribution is 5.99. The third-order valence-electron chi connectivity index (χ3n) is 4.06.